The third-order valence-electron chi connectivity index (χ3n) is 4.76. The summed E-state index contributed by atoms with van der Waals surface area (Å²) in [4.78, 5) is 28.2. The van der Waals surface area contributed by atoms with Gasteiger partial charge in [-0.25, -0.2) is 9.18 Å². The molecular formula is C21H24ClFN4O2. The van der Waals surface area contributed by atoms with Gasteiger partial charge in [0, 0.05) is 55.5 Å². The van der Waals surface area contributed by atoms with Gasteiger partial charge in [-0.3, -0.25) is 4.79 Å². The summed E-state index contributed by atoms with van der Waals surface area (Å²) < 4.78 is 12.9. The summed E-state index contributed by atoms with van der Waals surface area (Å²) in [5.41, 5.74) is 1.47. The number of halogens is 2. The molecule has 1 aliphatic rings. The number of carbonyl (C=O) groups excluding carboxylic acids is 2. The van der Waals surface area contributed by atoms with E-state index >= 15 is 0 Å². The van der Waals surface area contributed by atoms with Crippen LogP contribution in [0.5, 0.6) is 0 Å². The molecule has 0 aliphatic carbocycles. The molecule has 29 heavy (non-hydrogen) atoms. The lowest BCUT2D eigenvalue weighted by Gasteiger charge is -2.36. The average Bonchev–Trinajstić information content (AvgIpc) is 2.74. The molecule has 3 rings (SSSR count). The van der Waals surface area contributed by atoms with Crippen molar-refractivity contribution in [3.05, 3.63) is 64.9 Å². The Labute approximate surface area is 174 Å². The SMILES string of the molecule is O=C(NCCCNC(=O)N1CCN(c2cccc(Cl)c2)CC1)c1ccc(F)cc1. The van der Waals surface area contributed by atoms with Gasteiger partial charge in [0.1, 0.15) is 5.82 Å². The average molecular weight is 419 g/mol. The minimum Gasteiger partial charge on any atom is -0.368 e. The normalized spacial score (nSPS) is 13.9. The predicted molar refractivity (Wildman–Crippen MR) is 112 cm³/mol. The molecule has 0 bridgehead atoms. The fraction of sp³-hybridized carbons (Fsp3) is 0.333. The van der Waals surface area contributed by atoms with Crippen molar-refractivity contribution in [1.82, 2.24) is 15.5 Å². The maximum atomic E-state index is 12.9. The van der Waals surface area contributed by atoms with Gasteiger partial charge in [-0.15, -0.1) is 0 Å². The molecular weight excluding hydrogens is 395 g/mol. The van der Waals surface area contributed by atoms with Crippen LogP contribution in [0, 0.1) is 5.82 Å². The molecule has 0 aromatic heterocycles. The molecule has 2 N–H and O–H groups in total. The Morgan fingerprint density at radius 3 is 2.34 bits per heavy atom. The van der Waals surface area contributed by atoms with E-state index in [0.717, 1.165) is 18.8 Å². The van der Waals surface area contributed by atoms with Gasteiger partial charge >= 0.3 is 6.03 Å². The number of amides is 3. The maximum absolute atomic E-state index is 12.9. The number of nitrogens with zero attached hydrogens (tertiary/aromatic N) is 2. The smallest absolute Gasteiger partial charge is 0.317 e. The van der Waals surface area contributed by atoms with E-state index < -0.39 is 0 Å². The lowest BCUT2D eigenvalue weighted by Crippen LogP contribution is -2.52. The van der Waals surface area contributed by atoms with Crippen molar-refractivity contribution < 1.29 is 14.0 Å². The van der Waals surface area contributed by atoms with Crippen molar-refractivity contribution >= 4 is 29.2 Å². The Bertz CT molecular complexity index is 839. The van der Waals surface area contributed by atoms with Crippen LogP contribution in [-0.4, -0.2) is 56.1 Å². The minimum atomic E-state index is -0.377. The number of rotatable bonds is 6. The number of urea groups is 1. The van der Waals surface area contributed by atoms with E-state index in [1.165, 1.54) is 24.3 Å². The van der Waals surface area contributed by atoms with E-state index in [0.29, 0.717) is 43.2 Å². The first-order valence-corrected chi connectivity index (χ1v) is 9.98. The molecule has 2 aromatic carbocycles. The molecule has 6 nitrogen and oxygen atoms in total. The maximum Gasteiger partial charge on any atom is 0.317 e. The first-order chi connectivity index (χ1) is 14.0. The summed E-state index contributed by atoms with van der Waals surface area (Å²) in [5.74, 6) is -0.633. The van der Waals surface area contributed by atoms with Gasteiger partial charge in [-0.2, -0.15) is 0 Å². The van der Waals surface area contributed by atoms with E-state index in [1.54, 1.807) is 4.90 Å². The van der Waals surface area contributed by atoms with Crippen LogP contribution in [-0.2, 0) is 0 Å². The first kappa shape index (κ1) is 20.9. The highest BCUT2D eigenvalue weighted by Crippen LogP contribution is 2.20. The molecule has 0 spiro atoms. The standard InChI is InChI=1S/C21H24ClFN4O2/c22-17-3-1-4-19(15-17)26-11-13-27(14-12-26)21(29)25-10-2-9-24-20(28)16-5-7-18(23)8-6-16/h1,3-8,15H,2,9-14H2,(H,24,28)(H,25,29). The number of carbonyl (C=O) groups is 2. The van der Waals surface area contributed by atoms with E-state index in [9.17, 15) is 14.0 Å². The fourth-order valence-corrected chi connectivity index (χ4v) is 3.33. The summed E-state index contributed by atoms with van der Waals surface area (Å²) >= 11 is 6.04. The largest absolute Gasteiger partial charge is 0.368 e. The summed E-state index contributed by atoms with van der Waals surface area (Å²) in [6, 6.07) is 13.0. The van der Waals surface area contributed by atoms with Gasteiger partial charge in [0.05, 0.1) is 0 Å². The highest BCUT2D eigenvalue weighted by molar-refractivity contribution is 6.30. The van der Waals surface area contributed by atoms with Gasteiger partial charge in [-0.1, -0.05) is 17.7 Å². The van der Waals surface area contributed by atoms with E-state index in [1.807, 2.05) is 24.3 Å². The van der Waals surface area contributed by atoms with Crippen LogP contribution in [0.3, 0.4) is 0 Å². The van der Waals surface area contributed by atoms with Crippen LogP contribution < -0.4 is 15.5 Å². The van der Waals surface area contributed by atoms with Crippen LogP contribution >= 0.6 is 11.6 Å². The Hall–Kier alpha value is -2.80. The van der Waals surface area contributed by atoms with Crippen molar-refractivity contribution in [1.29, 1.82) is 0 Å². The molecule has 0 radical (unpaired) electrons. The lowest BCUT2D eigenvalue weighted by atomic mass is 10.2. The number of hydrogen-bond donors (Lipinski definition) is 2. The second kappa shape index (κ2) is 10.1. The van der Waals surface area contributed by atoms with Crippen LogP contribution in [0.2, 0.25) is 5.02 Å². The minimum absolute atomic E-state index is 0.0967. The van der Waals surface area contributed by atoms with Crippen LogP contribution in [0.25, 0.3) is 0 Å². The summed E-state index contributed by atoms with van der Waals surface area (Å²) in [6.45, 7) is 3.68. The number of hydrogen-bond acceptors (Lipinski definition) is 3. The number of benzene rings is 2. The second-order valence-corrected chi connectivity index (χ2v) is 7.24. The Balaban J connectivity index is 1.32. The molecule has 2 aromatic rings. The summed E-state index contributed by atoms with van der Waals surface area (Å²) in [7, 11) is 0. The van der Waals surface area contributed by atoms with E-state index in [-0.39, 0.29) is 17.8 Å². The van der Waals surface area contributed by atoms with Gasteiger partial charge in [0.25, 0.3) is 5.91 Å². The fourth-order valence-electron chi connectivity index (χ4n) is 3.14. The monoisotopic (exact) mass is 418 g/mol. The highest BCUT2D eigenvalue weighted by atomic mass is 35.5. The van der Waals surface area contributed by atoms with Crippen molar-refractivity contribution in [2.75, 3.05) is 44.2 Å². The van der Waals surface area contributed by atoms with E-state index in [4.69, 9.17) is 11.6 Å². The zero-order valence-corrected chi connectivity index (χ0v) is 16.8. The third kappa shape index (κ3) is 6.09. The highest BCUT2D eigenvalue weighted by Gasteiger charge is 2.21. The van der Waals surface area contributed by atoms with Crippen molar-refractivity contribution in [3.63, 3.8) is 0 Å². The van der Waals surface area contributed by atoms with Gasteiger partial charge in [0.15, 0.2) is 0 Å². The molecule has 8 heteroatoms. The topological polar surface area (TPSA) is 64.7 Å². The number of piperazine rings is 1. The first-order valence-electron chi connectivity index (χ1n) is 9.60. The lowest BCUT2D eigenvalue weighted by molar-refractivity contribution is 0.0953. The Morgan fingerprint density at radius 1 is 0.966 bits per heavy atom. The molecule has 154 valence electrons. The van der Waals surface area contributed by atoms with E-state index in [2.05, 4.69) is 15.5 Å². The number of anilines is 1. The molecule has 0 saturated carbocycles. The quantitative estimate of drug-likeness (QED) is 0.708. The van der Waals surface area contributed by atoms with Gasteiger partial charge < -0.3 is 20.4 Å². The summed E-state index contributed by atoms with van der Waals surface area (Å²) in [5, 5.41) is 6.34. The van der Waals surface area contributed by atoms with Crippen molar-refractivity contribution in [2.24, 2.45) is 0 Å². The van der Waals surface area contributed by atoms with Gasteiger partial charge in [-0.05, 0) is 48.9 Å². The van der Waals surface area contributed by atoms with Gasteiger partial charge in [0.2, 0.25) is 0 Å². The summed E-state index contributed by atoms with van der Waals surface area (Å²) in [6.07, 6.45) is 0.612. The molecule has 1 heterocycles. The number of nitrogens with one attached hydrogen (secondary N) is 2. The van der Waals surface area contributed by atoms with Crippen LogP contribution in [0.15, 0.2) is 48.5 Å². The third-order valence-corrected chi connectivity index (χ3v) is 5.00. The molecule has 1 fully saturated rings. The molecule has 1 aliphatic heterocycles. The Morgan fingerprint density at radius 2 is 1.66 bits per heavy atom. The van der Waals surface area contributed by atoms with Crippen LogP contribution in [0.4, 0.5) is 14.9 Å². The van der Waals surface area contributed by atoms with Crippen molar-refractivity contribution in [3.8, 4) is 0 Å². The molecule has 1 saturated heterocycles. The molecule has 0 unspecified atom stereocenters. The molecule has 3 amide bonds. The zero-order valence-electron chi connectivity index (χ0n) is 16.0. The van der Waals surface area contributed by atoms with Crippen LogP contribution in [0.1, 0.15) is 16.8 Å². The zero-order chi connectivity index (χ0) is 20.6. The predicted octanol–water partition coefficient (Wildman–Crippen LogP) is 3.13. The second-order valence-electron chi connectivity index (χ2n) is 6.80. The van der Waals surface area contributed by atoms with Crippen molar-refractivity contribution in [2.45, 2.75) is 6.42 Å². The molecule has 0 atom stereocenters. The Kier molecular flexibility index (Phi) is 7.30.